The van der Waals surface area contributed by atoms with Gasteiger partial charge in [0.15, 0.2) is 0 Å². The summed E-state index contributed by atoms with van der Waals surface area (Å²) in [6.07, 6.45) is 9.55. The standard InChI is InChI=1S/C20H20N2O2/c1-15(6-4-7-16-8-5-11-21-12-16)24-20(23)19-14-22-13-17-9-2-3-10-18(17)19/h2-3,5,8-15H,4,6-7H2,1H3. The largest absolute Gasteiger partial charge is 0.459 e. The van der Waals surface area contributed by atoms with E-state index < -0.39 is 0 Å². The molecule has 0 bridgehead atoms. The molecule has 0 saturated heterocycles. The lowest BCUT2D eigenvalue weighted by molar-refractivity contribution is 0.0323. The fraction of sp³-hybridized carbons (Fsp3) is 0.250. The molecule has 122 valence electrons. The first kappa shape index (κ1) is 16.1. The SMILES string of the molecule is CC(CCCc1cccnc1)OC(=O)c1cncc2ccccc12. The predicted molar refractivity (Wildman–Crippen MR) is 93.8 cm³/mol. The van der Waals surface area contributed by atoms with E-state index in [1.165, 1.54) is 5.56 Å². The van der Waals surface area contributed by atoms with Gasteiger partial charge in [0, 0.05) is 30.2 Å². The molecule has 1 atom stereocenters. The third kappa shape index (κ3) is 3.96. The van der Waals surface area contributed by atoms with Crippen LogP contribution < -0.4 is 0 Å². The number of hydrogen-bond donors (Lipinski definition) is 0. The highest BCUT2D eigenvalue weighted by molar-refractivity contribution is 6.03. The van der Waals surface area contributed by atoms with Gasteiger partial charge >= 0.3 is 5.97 Å². The van der Waals surface area contributed by atoms with Crippen LogP contribution in [0.1, 0.15) is 35.7 Å². The molecular formula is C20H20N2O2. The van der Waals surface area contributed by atoms with Gasteiger partial charge in [0.25, 0.3) is 0 Å². The minimum atomic E-state index is -0.312. The quantitative estimate of drug-likeness (QED) is 0.639. The number of rotatable bonds is 6. The molecule has 3 aromatic rings. The van der Waals surface area contributed by atoms with Crippen molar-refractivity contribution in [2.45, 2.75) is 32.3 Å². The van der Waals surface area contributed by atoms with Crippen molar-refractivity contribution >= 4 is 16.7 Å². The lowest BCUT2D eigenvalue weighted by Gasteiger charge is -2.14. The van der Waals surface area contributed by atoms with Crippen molar-refractivity contribution in [2.24, 2.45) is 0 Å². The number of aromatic nitrogens is 2. The number of benzene rings is 1. The lowest BCUT2D eigenvalue weighted by Crippen LogP contribution is -2.15. The fourth-order valence-corrected chi connectivity index (χ4v) is 2.72. The van der Waals surface area contributed by atoms with Gasteiger partial charge in [-0.05, 0) is 43.2 Å². The average molecular weight is 320 g/mol. The van der Waals surface area contributed by atoms with Crippen LogP contribution >= 0.6 is 0 Å². The Morgan fingerprint density at radius 2 is 1.96 bits per heavy atom. The number of fused-ring (bicyclic) bond motifs is 1. The Morgan fingerprint density at radius 1 is 1.08 bits per heavy atom. The lowest BCUT2D eigenvalue weighted by atomic mass is 10.1. The van der Waals surface area contributed by atoms with Crippen molar-refractivity contribution in [3.05, 3.63) is 72.3 Å². The van der Waals surface area contributed by atoms with Crippen LogP contribution in [0.15, 0.2) is 61.2 Å². The van der Waals surface area contributed by atoms with Crippen molar-refractivity contribution in [2.75, 3.05) is 0 Å². The van der Waals surface area contributed by atoms with E-state index in [0.29, 0.717) is 5.56 Å². The van der Waals surface area contributed by atoms with Gasteiger partial charge in [-0.3, -0.25) is 9.97 Å². The Kier molecular flexibility index (Phi) is 5.16. The van der Waals surface area contributed by atoms with Gasteiger partial charge in [0.05, 0.1) is 11.7 Å². The summed E-state index contributed by atoms with van der Waals surface area (Å²) in [5, 5.41) is 1.82. The number of aryl methyl sites for hydroxylation is 1. The van der Waals surface area contributed by atoms with E-state index in [0.717, 1.165) is 30.0 Å². The van der Waals surface area contributed by atoms with Crippen LogP contribution in [-0.2, 0) is 11.2 Å². The van der Waals surface area contributed by atoms with E-state index in [1.54, 1.807) is 18.6 Å². The first-order valence-electron chi connectivity index (χ1n) is 8.16. The van der Waals surface area contributed by atoms with Crippen LogP contribution in [0.4, 0.5) is 0 Å². The average Bonchev–Trinajstić information content (AvgIpc) is 2.62. The summed E-state index contributed by atoms with van der Waals surface area (Å²) in [5.41, 5.74) is 1.72. The molecule has 0 fully saturated rings. The summed E-state index contributed by atoms with van der Waals surface area (Å²) in [6, 6.07) is 11.7. The van der Waals surface area contributed by atoms with E-state index in [9.17, 15) is 4.79 Å². The zero-order valence-corrected chi connectivity index (χ0v) is 13.7. The summed E-state index contributed by atoms with van der Waals surface area (Å²) in [5.74, 6) is -0.312. The molecule has 0 saturated carbocycles. The molecule has 0 aliphatic rings. The highest BCUT2D eigenvalue weighted by Crippen LogP contribution is 2.19. The molecule has 0 radical (unpaired) electrons. The van der Waals surface area contributed by atoms with E-state index in [4.69, 9.17) is 4.74 Å². The van der Waals surface area contributed by atoms with Crippen LogP contribution in [0, 0.1) is 0 Å². The Hall–Kier alpha value is -2.75. The monoisotopic (exact) mass is 320 g/mol. The van der Waals surface area contributed by atoms with E-state index in [-0.39, 0.29) is 12.1 Å². The van der Waals surface area contributed by atoms with Gasteiger partial charge in [-0.25, -0.2) is 4.79 Å². The predicted octanol–water partition coefficient (Wildman–Crippen LogP) is 4.20. The summed E-state index contributed by atoms with van der Waals surface area (Å²) in [4.78, 5) is 20.7. The van der Waals surface area contributed by atoms with Crippen LogP contribution in [-0.4, -0.2) is 22.0 Å². The maximum absolute atomic E-state index is 12.4. The molecule has 2 heterocycles. The Labute approximate surface area is 141 Å². The number of ether oxygens (including phenoxy) is 1. The van der Waals surface area contributed by atoms with E-state index in [1.807, 2.05) is 43.5 Å². The van der Waals surface area contributed by atoms with E-state index in [2.05, 4.69) is 16.0 Å². The first-order valence-corrected chi connectivity index (χ1v) is 8.16. The van der Waals surface area contributed by atoms with Gasteiger partial charge in [-0.1, -0.05) is 30.3 Å². The molecule has 4 heteroatoms. The van der Waals surface area contributed by atoms with Crippen molar-refractivity contribution in [3.8, 4) is 0 Å². The molecule has 0 spiro atoms. The summed E-state index contributed by atoms with van der Waals surface area (Å²) in [7, 11) is 0. The maximum Gasteiger partial charge on any atom is 0.340 e. The van der Waals surface area contributed by atoms with Gasteiger partial charge in [-0.15, -0.1) is 0 Å². The summed E-state index contributed by atoms with van der Waals surface area (Å²) >= 11 is 0. The van der Waals surface area contributed by atoms with Crippen LogP contribution in [0.5, 0.6) is 0 Å². The summed E-state index contributed by atoms with van der Waals surface area (Å²) in [6.45, 7) is 1.93. The molecule has 24 heavy (non-hydrogen) atoms. The van der Waals surface area contributed by atoms with Crippen LogP contribution in [0.2, 0.25) is 0 Å². The Balaban J connectivity index is 1.57. The van der Waals surface area contributed by atoms with Crippen molar-refractivity contribution in [1.82, 2.24) is 9.97 Å². The molecule has 0 aliphatic heterocycles. The smallest absolute Gasteiger partial charge is 0.340 e. The number of pyridine rings is 2. The third-order valence-corrected chi connectivity index (χ3v) is 4.00. The van der Waals surface area contributed by atoms with Crippen molar-refractivity contribution in [3.63, 3.8) is 0 Å². The Morgan fingerprint density at radius 3 is 2.79 bits per heavy atom. The highest BCUT2D eigenvalue weighted by atomic mass is 16.5. The first-order chi connectivity index (χ1) is 11.7. The molecule has 1 unspecified atom stereocenters. The number of esters is 1. The molecular weight excluding hydrogens is 300 g/mol. The second kappa shape index (κ2) is 7.68. The second-order valence-corrected chi connectivity index (χ2v) is 5.88. The highest BCUT2D eigenvalue weighted by Gasteiger charge is 2.15. The molecule has 0 N–H and O–H groups in total. The maximum atomic E-state index is 12.4. The van der Waals surface area contributed by atoms with Crippen LogP contribution in [0.3, 0.4) is 0 Å². The summed E-state index contributed by atoms with van der Waals surface area (Å²) < 4.78 is 5.59. The van der Waals surface area contributed by atoms with Gasteiger partial charge in [0.1, 0.15) is 0 Å². The molecule has 2 aromatic heterocycles. The molecule has 3 rings (SSSR count). The minimum absolute atomic E-state index is 0.131. The normalized spacial score (nSPS) is 12.0. The van der Waals surface area contributed by atoms with Crippen LogP contribution in [0.25, 0.3) is 10.8 Å². The molecule has 1 aromatic carbocycles. The fourth-order valence-electron chi connectivity index (χ4n) is 2.72. The molecule has 4 nitrogen and oxygen atoms in total. The van der Waals surface area contributed by atoms with E-state index >= 15 is 0 Å². The minimum Gasteiger partial charge on any atom is -0.459 e. The van der Waals surface area contributed by atoms with Crippen molar-refractivity contribution < 1.29 is 9.53 Å². The van der Waals surface area contributed by atoms with Gasteiger partial charge < -0.3 is 4.74 Å². The van der Waals surface area contributed by atoms with Gasteiger partial charge in [-0.2, -0.15) is 0 Å². The second-order valence-electron chi connectivity index (χ2n) is 5.88. The number of nitrogens with zero attached hydrogens (tertiary/aromatic N) is 2. The number of hydrogen-bond acceptors (Lipinski definition) is 4. The topological polar surface area (TPSA) is 52.1 Å². The van der Waals surface area contributed by atoms with Crippen molar-refractivity contribution in [1.29, 1.82) is 0 Å². The number of carbonyl (C=O) groups excluding carboxylic acids is 1. The molecule has 0 aliphatic carbocycles. The molecule has 0 amide bonds. The Bertz CT molecular complexity index is 813. The van der Waals surface area contributed by atoms with Gasteiger partial charge in [0.2, 0.25) is 0 Å². The zero-order chi connectivity index (χ0) is 16.8. The zero-order valence-electron chi connectivity index (χ0n) is 13.7. The third-order valence-electron chi connectivity index (χ3n) is 4.00. The number of carbonyl (C=O) groups is 1.